The van der Waals surface area contributed by atoms with E-state index >= 15 is 0 Å². The molecule has 41 heavy (non-hydrogen) atoms. The lowest BCUT2D eigenvalue weighted by molar-refractivity contribution is -0.155. The summed E-state index contributed by atoms with van der Waals surface area (Å²) in [5, 5.41) is 10.5. The molecule has 4 rings (SSSR count). The van der Waals surface area contributed by atoms with Gasteiger partial charge in [-0.3, -0.25) is 19.3 Å². The molecule has 10 heteroatoms. The highest BCUT2D eigenvalue weighted by Gasteiger charge is 2.77. The zero-order valence-electron chi connectivity index (χ0n) is 25.0. The summed E-state index contributed by atoms with van der Waals surface area (Å²) in [6, 6.07) is -1.26. The quantitative estimate of drug-likeness (QED) is 0.176. The molecule has 4 aliphatic rings. The Morgan fingerprint density at radius 2 is 2.00 bits per heavy atom. The van der Waals surface area contributed by atoms with E-state index in [2.05, 4.69) is 38.8 Å². The number of esters is 1. The van der Waals surface area contributed by atoms with E-state index in [0.717, 1.165) is 25.9 Å². The van der Waals surface area contributed by atoms with Gasteiger partial charge in [-0.05, 0) is 37.5 Å². The summed E-state index contributed by atoms with van der Waals surface area (Å²) in [6.45, 7) is 18.5. The Balaban J connectivity index is 1.68. The molecule has 0 radical (unpaired) electrons. The number of ether oxygens (including phenoxy) is 2. The van der Waals surface area contributed by atoms with E-state index in [1.54, 1.807) is 28.8 Å². The van der Waals surface area contributed by atoms with Crippen molar-refractivity contribution < 1.29 is 29.0 Å². The smallest absolute Gasteiger partial charge is 0.310 e. The predicted molar refractivity (Wildman–Crippen MR) is 160 cm³/mol. The number of aliphatic hydroxyl groups is 1. The number of allylic oxidation sites excluding steroid dienone is 1. The van der Waals surface area contributed by atoms with Crippen LogP contribution in [0.15, 0.2) is 25.3 Å². The number of aliphatic hydroxyl groups excluding tert-OH is 1. The third-order valence-electron chi connectivity index (χ3n) is 9.29. The molecule has 0 aromatic carbocycles. The highest BCUT2D eigenvalue weighted by atomic mass is 32.2. The Morgan fingerprint density at radius 3 is 2.63 bits per heavy atom. The lowest BCUT2D eigenvalue weighted by Gasteiger charge is -2.42. The Kier molecular flexibility index (Phi) is 11.0. The van der Waals surface area contributed by atoms with Crippen LogP contribution in [0.3, 0.4) is 0 Å². The van der Waals surface area contributed by atoms with Gasteiger partial charge in [0.05, 0.1) is 49.1 Å². The Bertz CT molecular complexity index is 971. The third-order valence-corrected chi connectivity index (χ3v) is 11.4. The average Bonchev–Trinajstić information content (AvgIpc) is 3.55. The van der Waals surface area contributed by atoms with Crippen molar-refractivity contribution in [3.63, 3.8) is 0 Å². The summed E-state index contributed by atoms with van der Waals surface area (Å²) in [5.74, 6) is -1.61. The highest BCUT2D eigenvalue weighted by molar-refractivity contribution is 8.02. The van der Waals surface area contributed by atoms with E-state index in [4.69, 9.17) is 9.47 Å². The molecule has 2 bridgehead atoms. The molecular formula is C31H49N3O6S. The van der Waals surface area contributed by atoms with Gasteiger partial charge >= 0.3 is 5.97 Å². The fourth-order valence-corrected chi connectivity index (χ4v) is 9.81. The van der Waals surface area contributed by atoms with Crippen LogP contribution in [0.4, 0.5) is 0 Å². The topological polar surface area (TPSA) is 99.6 Å². The lowest BCUT2D eigenvalue weighted by atomic mass is 9.66. The zero-order valence-corrected chi connectivity index (χ0v) is 25.9. The van der Waals surface area contributed by atoms with Crippen molar-refractivity contribution in [3.8, 4) is 0 Å². The van der Waals surface area contributed by atoms with Gasteiger partial charge in [0.25, 0.3) is 0 Å². The van der Waals surface area contributed by atoms with Crippen LogP contribution in [0, 0.1) is 23.7 Å². The summed E-state index contributed by atoms with van der Waals surface area (Å²) < 4.78 is 10.4. The minimum atomic E-state index is -0.760. The first-order valence-corrected chi connectivity index (χ1v) is 16.2. The molecule has 230 valence electrons. The second-order valence-electron chi connectivity index (χ2n) is 12.4. The largest absolute Gasteiger partial charge is 0.465 e. The van der Waals surface area contributed by atoms with Gasteiger partial charge in [0.1, 0.15) is 6.04 Å². The minimum absolute atomic E-state index is 0.0541. The first-order valence-electron chi connectivity index (χ1n) is 15.3. The molecule has 4 heterocycles. The van der Waals surface area contributed by atoms with Gasteiger partial charge < -0.3 is 24.4 Å². The number of likely N-dealkylation sites (tertiary alicyclic amines) is 1. The summed E-state index contributed by atoms with van der Waals surface area (Å²) in [4.78, 5) is 48.4. The molecule has 1 N–H and O–H groups in total. The lowest BCUT2D eigenvalue weighted by Crippen LogP contribution is -2.60. The zero-order chi connectivity index (χ0) is 29.7. The number of nitrogens with zero attached hydrogens (tertiary/aromatic N) is 3. The van der Waals surface area contributed by atoms with Crippen molar-refractivity contribution in [2.24, 2.45) is 23.7 Å². The van der Waals surface area contributed by atoms with Crippen molar-refractivity contribution in [3.05, 3.63) is 25.3 Å². The fourth-order valence-electron chi connectivity index (χ4n) is 7.42. The molecule has 7 atom stereocenters. The van der Waals surface area contributed by atoms with Crippen molar-refractivity contribution in [2.45, 2.75) is 68.5 Å². The molecule has 4 aliphatic heterocycles. The molecule has 2 amide bonds. The molecule has 1 spiro atoms. The standard InChI is InChI=1S/C31H49N3O6S/c1-6-8-9-15-40-30(38)25-24-19-22(5)31(41-24)26(25)28(36)34(23(20-35)18-21(3)4)27(31)29(37)33(10-7-2)12-11-32-13-16-39-17-14-32/h6-7,21-27,35H,1-2,8-20H2,3-5H3/t22?,23-,24-,25+,26+,27?,31?/m1/s1. The van der Waals surface area contributed by atoms with Crippen LogP contribution < -0.4 is 0 Å². The third kappa shape index (κ3) is 6.26. The van der Waals surface area contributed by atoms with Gasteiger partial charge in [0.15, 0.2) is 0 Å². The number of rotatable bonds is 15. The van der Waals surface area contributed by atoms with Gasteiger partial charge in [-0.25, -0.2) is 0 Å². The molecule has 4 saturated heterocycles. The minimum Gasteiger partial charge on any atom is -0.465 e. The second kappa shape index (κ2) is 14.1. The van der Waals surface area contributed by atoms with Crippen LogP contribution in [0.1, 0.15) is 46.5 Å². The van der Waals surface area contributed by atoms with E-state index in [1.165, 1.54) is 0 Å². The molecule has 3 unspecified atom stereocenters. The first-order chi connectivity index (χ1) is 19.7. The summed E-state index contributed by atoms with van der Waals surface area (Å²) >= 11 is 1.65. The number of carbonyl (C=O) groups excluding carboxylic acids is 3. The van der Waals surface area contributed by atoms with Crippen LogP contribution in [0.2, 0.25) is 0 Å². The number of fused-ring (bicyclic) bond motifs is 1. The molecule has 4 fully saturated rings. The van der Waals surface area contributed by atoms with Crippen molar-refractivity contribution in [2.75, 3.05) is 59.2 Å². The van der Waals surface area contributed by atoms with Gasteiger partial charge in [-0.1, -0.05) is 32.9 Å². The Morgan fingerprint density at radius 1 is 1.27 bits per heavy atom. The van der Waals surface area contributed by atoms with Crippen LogP contribution >= 0.6 is 11.8 Å². The molecule has 0 aliphatic carbocycles. The van der Waals surface area contributed by atoms with E-state index in [-0.39, 0.29) is 48.1 Å². The fraction of sp³-hybridized carbons (Fsp3) is 0.774. The number of thioether (sulfide) groups is 1. The van der Waals surface area contributed by atoms with Crippen LogP contribution in [-0.2, 0) is 23.9 Å². The van der Waals surface area contributed by atoms with Gasteiger partial charge in [-0.2, -0.15) is 0 Å². The first kappa shape index (κ1) is 32.0. The van der Waals surface area contributed by atoms with E-state index in [1.807, 2.05) is 4.90 Å². The van der Waals surface area contributed by atoms with Crippen molar-refractivity contribution in [1.29, 1.82) is 0 Å². The number of amides is 2. The maximum absolute atomic E-state index is 14.7. The number of hydrogen-bond donors (Lipinski definition) is 1. The van der Waals surface area contributed by atoms with Crippen molar-refractivity contribution >= 4 is 29.5 Å². The van der Waals surface area contributed by atoms with E-state index < -0.39 is 28.7 Å². The molecule has 0 saturated carbocycles. The van der Waals surface area contributed by atoms with Crippen LogP contribution in [0.25, 0.3) is 0 Å². The average molecular weight is 592 g/mol. The SMILES string of the molecule is C=CCCCOC(=O)[C@@H]1[C@H]2C(=O)N([C@@H](CO)CC(C)C)C(C(=O)N(CC=C)CCN3CCOCC3)C23S[C@@H]1CC3C. The maximum Gasteiger partial charge on any atom is 0.310 e. The van der Waals surface area contributed by atoms with Crippen LogP contribution in [0.5, 0.6) is 0 Å². The van der Waals surface area contributed by atoms with Crippen molar-refractivity contribution in [1.82, 2.24) is 14.7 Å². The normalized spacial score (nSPS) is 31.8. The highest BCUT2D eigenvalue weighted by Crippen LogP contribution is 2.69. The number of hydrogen-bond acceptors (Lipinski definition) is 8. The molecule has 9 nitrogen and oxygen atoms in total. The van der Waals surface area contributed by atoms with Gasteiger partial charge in [0, 0.05) is 38.0 Å². The number of carbonyl (C=O) groups is 3. The van der Waals surface area contributed by atoms with E-state index in [9.17, 15) is 19.5 Å². The van der Waals surface area contributed by atoms with Gasteiger partial charge in [-0.15, -0.1) is 24.9 Å². The van der Waals surface area contributed by atoms with Gasteiger partial charge in [0.2, 0.25) is 11.8 Å². The molecule has 0 aromatic rings. The number of unbranched alkanes of at least 4 members (excludes halogenated alkanes) is 1. The summed E-state index contributed by atoms with van der Waals surface area (Å²) in [7, 11) is 0. The summed E-state index contributed by atoms with van der Waals surface area (Å²) in [6.07, 6.45) is 6.29. The van der Waals surface area contributed by atoms with Crippen LogP contribution in [-0.4, -0.2) is 119 Å². The number of morpholine rings is 1. The monoisotopic (exact) mass is 591 g/mol. The second-order valence-corrected chi connectivity index (χ2v) is 13.9. The molecular weight excluding hydrogens is 542 g/mol. The predicted octanol–water partition coefficient (Wildman–Crippen LogP) is 2.59. The molecule has 0 aromatic heterocycles. The maximum atomic E-state index is 14.7. The summed E-state index contributed by atoms with van der Waals surface area (Å²) in [5.41, 5.74) is 0. The Labute approximate surface area is 249 Å². The van der Waals surface area contributed by atoms with E-state index in [0.29, 0.717) is 45.7 Å². The Hall–Kier alpha value is -1.88.